The number of nitrogens with two attached hydrogens (primary N) is 1. The van der Waals surface area contributed by atoms with E-state index in [0.717, 1.165) is 25.4 Å². The van der Waals surface area contributed by atoms with Crippen LogP contribution in [0.3, 0.4) is 0 Å². The van der Waals surface area contributed by atoms with Gasteiger partial charge in [-0.1, -0.05) is 0 Å². The zero-order valence-electron chi connectivity index (χ0n) is 9.15. The second-order valence-corrected chi connectivity index (χ2v) is 4.03. The first-order chi connectivity index (χ1) is 7.33. The van der Waals surface area contributed by atoms with Gasteiger partial charge in [-0.2, -0.15) is 0 Å². The summed E-state index contributed by atoms with van der Waals surface area (Å²) in [5, 5.41) is 0. The second kappa shape index (κ2) is 4.53. The van der Waals surface area contributed by atoms with Crippen molar-refractivity contribution >= 4 is 5.69 Å². The second-order valence-electron chi connectivity index (χ2n) is 4.03. The highest BCUT2D eigenvalue weighted by atomic mass is 16.5. The van der Waals surface area contributed by atoms with Gasteiger partial charge in [0.2, 0.25) is 0 Å². The maximum Gasteiger partial charge on any atom is 0.119 e. The largest absolute Gasteiger partial charge is 0.497 e. The summed E-state index contributed by atoms with van der Waals surface area (Å²) in [6.07, 6.45) is 1.21. The fraction of sp³-hybridized carbons (Fsp3) is 0.500. The van der Waals surface area contributed by atoms with Crippen molar-refractivity contribution < 1.29 is 4.74 Å². The molecule has 1 aromatic rings. The highest BCUT2D eigenvalue weighted by molar-refractivity contribution is 5.49. The molecule has 1 saturated heterocycles. The third-order valence-electron chi connectivity index (χ3n) is 3.06. The highest BCUT2D eigenvalue weighted by Gasteiger charge is 2.21. The van der Waals surface area contributed by atoms with E-state index < -0.39 is 0 Å². The number of methoxy groups -OCH3 is 1. The molecule has 1 aliphatic heterocycles. The van der Waals surface area contributed by atoms with E-state index in [-0.39, 0.29) is 0 Å². The number of benzene rings is 1. The van der Waals surface area contributed by atoms with Crippen molar-refractivity contribution in [1.29, 1.82) is 0 Å². The first-order valence-electron chi connectivity index (χ1n) is 5.42. The Morgan fingerprint density at radius 3 is 2.67 bits per heavy atom. The summed E-state index contributed by atoms with van der Waals surface area (Å²) in [7, 11) is 1.69. The number of hydrogen-bond acceptors (Lipinski definition) is 3. The lowest BCUT2D eigenvalue weighted by Gasteiger charge is -2.18. The number of ether oxygens (including phenoxy) is 1. The molecule has 0 aromatic heterocycles. The number of rotatable bonds is 3. The van der Waals surface area contributed by atoms with Crippen molar-refractivity contribution in [3.05, 3.63) is 24.3 Å². The minimum Gasteiger partial charge on any atom is -0.497 e. The third-order valence-corrected chi connectivity index (χ3v) is 3.06. The Morgan fingerprint density at radius 2 is 2.13 bits per heavy atom. The molecule has 0 aliphatic carbocycles. The minimum absolute atomic E-state index is 0.659. The molecular weight excluding hydrogens is 188 g/mol. The minimum atomic E-state index is 0.659. The van der Waals surface area contributed by atoms with Crippen LogP contribution in [-0.4, -0.2) is 26.7 Å². The van der Waals surface area contributed by atoms with E-state index in [2.05, 4.69) is 17.0 Å². The molecule has 1 aromatic carbocycles. The van der Waals surface area contributed by atoms with Crippen LogP contribution >= 0.6 is 0 Å². The average molecular weight is 206 g/mol. The van der Waals surface area contributed by atoms with Crippen LogP contribution in [0.5, 0.6) is 5.75 Å². The lowest BCUT2D eigenvalue weighted by molar-refractivity contribution is 0.415. The molecule has 0 amide bonds. The van der Waals surface area contributed by atoms with E-state index >= 15 is 0 Å². The molecule has 0 bridgehead atoms. The van der Waals surface area contributed by atoms with Crippen molar-refractivity contribution in [3.63, 3.8) is 0 Å². The van der Waals surface area contributed by atoms with Crippen molar-refractivity contribution in [1.82, 2.24) is 0 Å². The van der Waals surface area contributed by atoms with E-state index in [1.807, 2.05) is 12.1 Å². The van der Waals surface area contributed by atoms with E-state index in [0.29, 0.717) is 5.92 Å². The molecule has 2 N–H and O–H groups in total. The van der Waals surface area contributed by atoms with Crippen molar-refractivity contribution in [2.75, 3.05) is 31.6 Å². The van der Waals surface area contributed by atoms with Gasteiger partial charge in [0.15, 0.2) is 0 Å². The fourth-order valence-electron chi connectivity index (χ4n) is 2.05. The van der Waals surface area contributed by atoms with Crippen LogP contribution in [-0.2, 0) is 0 Å². The van der Waals surface area contributed by atoms with Crippen molar-refractivity contribution in [2.45, 2.75) is 6.42 Å². The molecule has 2 rings (SSSR count). The van der Waals surface area contributed by atoms with E-state index in [4.69, 9.17) is 10.5 Å². The first-order valence-corrected chi connectivity index (χ1v) is 5.42. The van der Waals surface area contributed by atoms with Gasteiger partial charge in [-0.3, -0.25) is 0 Å². The summed E-state index contributed by atoms with van der Waals surface area (Å²) in [5.74, 6) is 1.57. The van der Waals surface area contributed by atoms with Gasteiger partial charge in [0.25, 0.3) is 0 Å². The Kier molecular flexibility index (Phi) is 3.11. The lowest BCUT2D eigenvalue weighted by Crippen LogP contribution is -2.22. The first kappa shape index (κ1) is 10.3. The maximum atomic E-state index is 5.67. The highest BCUT2D eigenvalue weighted by Crippen LogP contribution is 2.24. The summed E-state index contributed by atoms with van der Waals surface area (Å²) in [4.78, 5) is 2.39. The molecule has 1 unspecified atom stereocenters. The van der Waals surface area contributed by atoms with Gasteiger partial charge in [-0.25, -0.2) is 0 Å². The molecule has 0 saturated carbocycles. The SMILES string of the molecule is COc1ccc(N2CCC(CN)C2)cc1. The zero-order chi connectivity index (χ0) is 10.7. The Bertz CT molecular complexity index is 310. The maximum absolute atomic E-state index is 5.67. The van der Waals surface area contributed by atoms with Crippen LogP contribution < -0.4 is 15.4 Å². The van der Waals surface area contributed by atoms with Crippen molar-refractivity contribution in [3.8, 4) is 5.75 Å². The Balaban J connectivity index is 2.04. The lowest BCUT2D eigenvalue weighted by atomic mass is 10.1. The normalized spacial score (nSPS) is 20.7. The van der Waals surface area contributed by atoms with Gasteiger partial charge in [0, 0.05) is 18.8 Å². The summed E-state index contributed by atoms with van der Waals surface area (Å²) in [6.45, 7) is 3.00. The predicted molar refractivity (Wildman–Crippen MR) is 62.4 cm³/mol. The van der Waals surface area contributed by atoms with Crippen LogP contribution in [0.25, 0.3) is 0 Å². The predicted octanol–water partition coefficient (Wildman–Crippen LogP) is 1.48. The molecule has 3 heteroatoms. The van der Waals surface area contributed by atoms with Gasteiger partial charge in [0.1, 0.15) is 5.75 Å². The quantitative estimate of drug-likeness (QED) is 0.814. The summed E-state index contributed by atoms with van der Waals surface area (Å²) >= 11 is 0. The van der Waals surface area contributed by atoms with Gasteiger partial charge in [-0.05, 0) is 43.1 Å². The fourth-order valence-corrected chi connectivity index (χ4v) is 2.05. The zero-order valence-corrected chi connectivity index (χ0v) is 9.15. The number of nitrogens with zero attached hydrogens (tertiary/aromatic N) is 1. The van der Waals surface area contributed by atoms with Crippen LogP contribution in [0.4, 0.5) is 5.69 Å². The average Bonchev–Trinajstić information content (AvgIpc) is 2.78. The third kappa shape index (κ3) is 2.23. The molecule has 1 fully saturated rings. The molecule has 3 nitrogen and oxygen atoms in total. The van der Waals surface area contributed by atoms with E-state index in [9.17, 15) is 0 Å². The smallest absolute Gasteiger partial charge is 0.119 e. The van der Waals surface area contributed by atoms with Crippen LogP contribution in [0.1, 0.15) is 6.42 Å². The number of hydrogen-bond donors (Lipinski definition) is 1. The molecule has 0 radical (unpaired) electrons. The van der Waals surface area contributed by atoms with Crippen molar-refractivity contribution in [2.24, 2.45) is 11.7 Å². The van der Waals surface area contributed by atoms with Gasteiger partial charge in [-0.15, -0.1) is 0 Å². The summed E-state index contributed by atoms with van der Waals surface area (Å²) in [6, 6.07) is 8.23. The molecular formula is C12H18N2O. The van der Waals surface area contributed by atoms with Crippen LogP contribution in [0.15, 0.2) is 24.3 Å². The molecule has 0 spiro atoms. The Hall–Kier alpha value is -1.22. The Labute approximate surface area is 90.8 Å². The molecule has 1 atom stereocenters. The molecule has 15 heavy (non-hydrogen) atoms. The molecule has 1 heterocycles. The topological polar surface area (TPSA) is 38.5 Å². The van der Waals surface area contributed by atoms with Crippen LogP contribution in [0.2, 0.25) is 0 Å². The molecule has 82 valence electrons. The summed E-state index contributed by atoms with van der Waals surface area (Å²) < 4.78 is 5.14. The van der Waals surface area contributed by atoms with Gasteiger partial charge >= 0.3 is 0 Å². The van der Waals surface area contributed by atoms with E-state index in [1.54, 1.807) is 7.11 Å². The monoisotopic (exact) mass is 206 g/mol. The Morgan fingerprint density at radius 1 is 1.40 bits per heavy atom. The van der Waals surface area contributed by atoms with Gasteiger partial charge in [0.05, 0.1) is 7.11 Å². The summed E-state index contributed by atoms with van der Waals surface area (Å²) in [5.41, 5.74) is 6.94. The number of anilines is 1. The van der Waals surface area contributed by atoms with Gasteiger partial charge < -0.3 is 15.4 Å². The molecule has 1 aliphatic rings. The van der Waals surface area contributed by atoms with Crippen LogP contribution in [0, 0.1) is 5.92 Å². The standard InChI is InChI=1S/C12H18N2O/c1-15-12-4-2-11(3-5-12)14-7-6-10(8-13)9-14/h2-5,10H,6-9,13H2,1H3. The van der Waals surface area contributed by atoms with E-state index in [1.165, 1.54) is 12.1 Å².